The van der Waals surface area contributed by atoms with E-state index in [0.717, 1.165) is 29.2 Å². The topological polar surface area (TPSA) is 192 Å². The molecular weight excluding hydrogens is 714 g/mol. The second kappa shape index (κ2) is 15.5. The van der Waals surface area contributed by atoms with Crippen LogP contribution in [0.1, 0.15) is 88.7 Å². The van der Waals surface area contributed by atoms with E-state index in [0.29, 0.717) is 36.1 Å². The molecule has 7 atom stereocenters. The van der Waals surface area contributed by atoms with Crippen molar-refractivity contribution < 1.29 is 43.3 Å². The van der Waals surface area contributed by atoms with Gasteiger partial charge in [0.25, 0.3) is 0 Å². The molecule has 0 saturated heterocycles. The van der Waals surface area contributed by atoms with Crippen molar-refractivity contribution in [3.8, 4) is 0 Å². The minimum Gasteiger partial charge on any atom is -0.461 e. The molecule has 0 spiro atoms. The Balaban J connectivity index is 0.865. The van der Waals surface area contributed by atoms with Crippen molar-refractivity contribution in [2.45, 2.75) is 89.8 Å². The molecule has 3 aromatic rings. The van der Waals surface area contributed by atoms with Crippen molar-refractivity contribution in [2.24, 2.45) is 34.3 Å². The lowest BCUT2D eigenvalue weighted by Gasteiger charge is -2.57. The van der Waals surface area contributed by atoms with Crippen molar-refractivity contribution in [1.82, 2.24) is 4.98 Å². The van der Waals surface area contributed by atoms with Gasteiger partial charge in [-0.15, -0.1) is 0 Å². The first-order valence-corrected chi connectivity index (χ1v) is 19.5. The molecule has 1 aromatic heterocycles. The largest absolute Gasteiger partial charge is 0.461 e. The van der Waals surface area contributed by atoms with E-state index < -0.39 is 41.3 Å². The van der Waals surface area contributed by atoms with Gasteiger partial charge in [-0.05, 0) is 90.1 Å². The maximum atomic E-state index is 13.9. The van der Waals surface area contributed by atoms with Crippen LogP contribution in [0, 0.1) is 28.6 Å². The summed E-state index contributed by atoms with van der Waals surface area (Å²) in [5.41, 5.74) is 5.85. The van der Waals surface area contributed by atoms with E-state index in [4.69, 9.17) is 15.2 Å². The van der Waals surface area contributed by atoms with Crippen LogP contribution in [0.5, 0.6) is 0 Å². The first kappa shape index (κ1) is 39.2. The number of nitrogens with one attached hydrogen (secondary N) is 1. The Labute approximate surface area is 325 Å². The summed E-state index contributed by atoms with van der Waals surface area (Å²) in [4.78, 5) is 81.9. The molecule has 12 heteroatoms. The van der Waals surface area contributed by atoms with Crippen LogP contribution >= 0.6 is 0 Å². The highest BCUT2D eigenvalue weighted by molar-refractivity contribution is 5.98. The third-order valence-electron chi connectivity index (χ3n) is 13.4. The van der Waals surface area contributed by atoms with Gasteiger partial charge in [0.15, 0.2) is 12.4 Å². The van der Waals surface area contributed by atoms with Gasteiger partial charge in [-0.1, -0.05) is 49.8 Å². The number of nitrogens with zero attached hydrogens (tertiary/aromatic N) is 1. The van der Waals surface area contributed by atoms with Crippen LogP contribution in [-0.4, -0.2) is 64.0 Å². The summed E-state index contributed by atoms with van der Waals surface area (Å²) >= 11 is 0. The quantitative estimate of drug-likeness (QED) is 0.203. The predicted octanol–water partition coefficient (Wildman–Crippen LogP) is 5.29. The van der Waals surface area contributed by atoms with E-state index >= 15 is 0 Å². The number of nitrogens with two attached hydrogens (primary N) is 1. The summed E-state index contributed by atoms with van der Waals surface area (Å²) in [7, 11) is 0. The number of allylic oxidation sites excluding steroid dienone is 1. The van der Waals surface area contributed by atoms with Crippen LogP contribution in [0.25, 0.3) is 10.8 Å². The number of hydrogen-bond donors (Lipinski definition) is 3. The van der Waals surface area contributed by atoms with Gasteiger partial charge >= 0.3 is 11.9 Å². The van der Waals surface area contributed by atoms with Crippen LogP contribution in [0.2, 0.25) is 0 Å². The number of esters is 2. The molecule has 3 fully saturated rings. The van der Waals surface area contributed by atoms with Crippen molar-refractivity contribution in [1.29, 1.82) is 0 Å². The van der Waals surface area contributed by atoms with Crippen LogP contribution < -0.4 is 11.1 Å². The molecular formula is C44H49N3O9. The Morgan fingerprint density at radius 1 is 0.946 bits per heavy atom. The van der Waals surface area contributed by atoms with Crippen LogP contribution in [-0.2, 0) is 44.8 Å². The predicted molar refractivity (Wildman–Crippen MR) is 206 cm³/mol. The number of ketones is 3. The number of aromatic nitrogens is 1. The number of ether oxygens (including phenoxy) is 2. The molecule has 0 aliphatic heterocycles. The fraction of sp³-hybridized carbons (Fsp3) is 0.477. The zero-order valence-electron chi connectivity index (χ0n) is 31.9. The number of anilines is 1. The van der Waals surface area contributed by atoms with Crippen LogP contribution in [0.4, 0.5) is 5.69 Å². The van der Waals surface area contributed by atoms with Crippen molar-refractivity contribution in [3.63, 3.8) is 0 Å². The lowest BCUT2D eigenvalue weighted by atomic mass is 9.46. The van der Waals surface area contributed by atoms with E-state index in [-0.39, 0.29) is 79.5 Å². The molecule has 4 aliphatic rings. The van der Waals surface area contributed by atoms with Gasteiger partial charge in [0, 0.05) is 54.2 Å². The summed E-state index contributed by atoms with van der Waals surface area (Å²) in [5, 5.41) is 16.7. The first-order valence-electron chi connectivity index (χ1n) is 19.5. The highest BCUT2D eigenvalue weighted by Gasteiger charge is 2.68. The fourth-order valence-electron chi connectivity index (χ4n) is 10.3. The molecule has 4 aliphatic carbocycles. The zero-order chi connectivity index (χ0) is 39.8. The van der Waals surface area contributed by atoms with Gasteiger partial charge in [0.2, 0.25) is 11.7 Å². The summed E-state index contributed by atoms with van der Waals surface area (Å²) in [5.74, 6) is -3.08. The number of fused-ring (bicyclic) bond motifs is 6. The Morgan fingerprint density at radius 2 is 1.70 bits per heavy atom. The van der Waals surface area contributed by atoms with Gasteiger partial charge in [-0.2, -0.15) is 0 Å². The zero-order valence-corrected chi connectivity index (χ0v) is 31.9. The molecule has 4 N–H and O–H groups in total. The second-order valence-corrected chi connectivity index (χ2v) is 16.5. The van der Waals surface area contributed by atoms with Crippen molar-refractivity contribution in [2.75, 3.05) is 18.5 Å². The Kier molecular flexibility index (Phi) is 10.8. The highest BCUT2D eigenvalue weighted by atomic mass is 16.5. The van der Waals surface area contributed by atoms with Crippen molar-refractivity contribution in [3.05, 3.63) is 83.7 Å². The molecule has 56 heavy (non-hydrogen) atoms. The van der Waals surface area contributed by atoms with Gasteiger partial charge < -0.3 is 25.6 Å². The van der Waals surface area contributed by atoms with Gasteiger partial charge in [-0.3, -0.25) is 33.8 Å². The highest BCUT2D eigenvalue weighted by Crippen LogP contribution is 2.66. The number of aliphatic hydroxyl groups is 1. The molecule has 1 unspecified atom stereocenters. The Morgan fingerprint density at radius 3 is 2.45 bits per heavy atom. The molecule has 7 rings (SSSR count). The van der Waals surface area contributed by atoms with E-state index in [9.17, 15) is 33.9 Å². The lowest BCUT2D eigenvalue weighted by Crippen LogP contribution is -2.61. The molecule has 1 amide bonds. The molecule has 12 nitrogen and oxygen atoms in total. The second-order valence-electron chi connectivity index (χ2n) is 16.5. The number of rotatable bonds is 12. The number of carbonyl (C=O) groups excluding carboxylic acids is 6. The number of amides is 1. The molecule has 294 valence electrons. The van der Waals surface area contributed by atoms with E-state index in [1.807, 2.05) is 31.2 Å². The summed E-state index contributed by atoms with van der Waals surface area (Å²) in [6.45, 7) is 3.29. The summed E-state index contributed by atoms with van der Waals surface area (Å²) < 4.78 is 10.6. The molecule has 0 bridgehead atoms. The van der Waals surface area contributed by atoms with Crippen LogP contribution in [0.15, 0.2) is 72.6 Å². The average Bonchev–Trinajstić information content (AvgIpc) is 3.46. The normalized spacial score (nSPS) is 28.6. The Bertz CT molecular complexity index is 2110. The smallest absolute Gasteiger partial charge is 0.306 e. The number of benzene rings is 2. The average molecular weight is 764 g/mol. The number of Topliss-reactive ketones (excluding diaryl/α,β-unsaturated/α-hetero) is 2. The van der Waals surface area contributed by atoms with E-state index in [1.54, 1.807) is 42.7 Å². The van der Waals surface area contributed by atoms with E-state index in [1.165, 1.54) is 0 Å². The molecule has 0 radical (unpaired) electrons. The molecule has 2 aromatic carbocycles. The number of hydrogen-bond acceptors (Lipinski definition) is 11. The van der Waals surface area contributed by atoms with E-state index in [2.05, 4.69) is 17.2 Å². The van der Waals surface area contributed by atoms with Gasteiger partial charge in [0.05, 0.1) is 18.8 Å². The maximum absolute atomic E-state index is 13.9. The third kappa shape index (κ3) is 7.20. The SMILES string of the molecule is C[C@]12CCC(=O)C=C1CC[C@@H]1C2C(=O)C[C@@]2(C)[C@H]1CC[C@]2(O)C(=O)COC(=O)CCC(=O)OCc1ccc([C@@H](CN)C(=O)Nc2ccc3cnccc3c2)cc1. The minimum absolute atomic E-state index is 0.000647. The summed E-state index contributed by atoms with van der Waals surface area (Å²) in [6.07, 6.45) is 7.90. The summed E-state index contributed by atoms with van der Waals surface area (Å²) in [6, 6.07) is 14.4. The molecule has 3 saturated carbocycles. The maximum Gasteiger partial charge on any atom is 0.306 e. The first-order chi connectivity index (χ1) is 26.8. The third-order valence-corrected chi connectivity index (χ3v) is 13.4. The van der Waals surface area contributed by atoms with Crippen LogP contribution in [0.3, 0.4) is 0 Å². The fourth-order valence-corrected chi connectivity index (χ4v) is 10.3. The molecule has 1 heterocycles. The Hall–Kier alpha value is -5.07. The number of pyridine rings is 1. The van der Waals surface area contributed by atoms with Gasteiger partial charge in [-0.25, -0.2) is 0 Å². The lowest BCUT2D eigenvalue weighted by molar-refractivity contribution is -0.174. The van der Waals surface area contributed by atoms with Crippen molar-refractivity contribution >= 4 is 51.7 Å². The minimum atomic E-state index is -1.82. The number of carbonyl (C=O) groups is 6. The monoisotopic (exact) mass is 763 g/mol. The van der Waals surface area contributed by atoms with Gasteiger partial charge in [0.1, 0.15) is 18.0 Å². The standard InChI is InChI=1S/C44H49N3O9/c1-42-16-13-32(48)20-30(42)8-10-33-35-14-17-44(54,43(35,2)21-36(49)40(33)42)37(50)25-56-39(52)12-11-38(51)55-24-26-3-5-27(6-4-26)34(22-45)41(53)47-31-9-7-29-23-46-18-15-28(29)19-31/h3-7,9,15,18-20,23,33-35,40,54H,8,10-14,16-17,21-22,24-25,45H2,1-2H3,(H,47,53)/t33-,34+,35-,40?,42-,43-,44-/m0/s1.